The van der Waals surface area contributed by atoms with E-state index in [9.17, 15) is 5.11 Å². The molecule has 4 rings (SSSR count). The van der Waals surface area contributed by atoms with Crippen molar-refractivity contribution in [1.29, 1.82) is 0 Å². The maximum atomic E-state index is 9.45. The van der Waals surface area contributed by atoms with Gasteiger partial charge in [0, 0.05) is 31.0 Å². The summed E-state index contributed by atoms with van der Waals surface area (Å²) in [4.78, 5) is 0. The summed E-state index contributed by atoms with van der Waals surface area (Å²) >= 11 is 0. The van der Waals surface area contributed by atoms with Gasteiger partial charge in [-0.2, -0.15) is 0 Å². The molecule has 2 saturated heterocycles. The lowest BCUT2D eigenvalue weighted by Gasteiger charge is -2.35. The number of hydrogen-bond donors (Lipinski definition) is 1. The fraction of sp³-hybridized carbons (Fsp3) is 0.800. The quantitative estimate of drug-likeness (QED) is 0.331. The minimum Gasteiger partial charge on any atom is -0.392 e. The van der Waals surface area contributed by atoms with Crippen molar-refractivity contribution in [3.05, 3.63) is 23.8 Å². The van der Waals surface area contributed by atoms with E-state index in [4.69, 9.17) is 18.9 Å². The molecule has 2 heterocycles. The smallest absolute Gasteiger partial charge is 0.158 e. The Hall–Kier alpha value is -1.16. The first-order chi connectivity index (χ1) is 17.0. The third-order valence-corrected chi connectivity index (χ3v) is 8.37. The minimum atomic E-state index is -0.142. The second kappa shape index (κ2) is 12.9. The topological polar surface area (TPSA) is 57.2 Å². The average molecular weight is 487 g/mol. The molecule has 2 aliphatic carbocycles. The SMILES string of the molecule is CC#CCC(C)(C)[C@@H](/C=C/[C@@H]1[C@H]2CC(=CCO)C[C@H]2C[C@H]1OC1CCCCO1)OC1CCCCO1. The van der Waals surface area contributed by atoms with Gasteiger partial charge in [-0.25, -0.2) is 0 Å². The van der Waals surface area contributed by atoms with Crippen LogP contribution in [0.15, 0.2) is 23.8 Å². The third kappa shape index (κ3) is 7.21. The molecule has 4 aliphatic rings. The predicted octanol–water partition coefficient (Wildman–Crippen LogP) is 5.77. The number of ether oxygens (including phenoxy) is 4. The van der Waals surface area contributed by atoms with Crippen LogP contribution in [0.1, 0.15) is 85.0 Å². The highest BCUT2D eigenvalue weighted by Crippen LogP contribution is 2.52. The molecule has 0 aromatic rings. The highest BCUT2D eigenvalue weighted by atomic mass is 16.7. The molecule has 0 amide bonds. The lowest BCUT2D eigenvalue weighted by atomic mass is 9.81. The van der Waals surface area contributed by atoms with Crippen LogP contribution in [0.2, 0.25) is 0 Å². The number of aliphatic hydroxyl groups excluding tert-OH is 1. The molecule has 2 unspecified atom stereocenters. The number of aliphatic hydroxyl groups is 1. The molecule has 4 fully saturated rings. The van der Waals surface area contributed by atoms with Crippen LogP contribution < -0.4 is 0 Å². The van der Waals surface area contributed by atoms with Crippen LogP contribution >= 0.6 is 0 Å². The van der Waals surface area contributed by atoms with E-state index in [1.165, 1.54) is 12.0 Å². The fourth-order valence-electron chi connectivity index (χ4n) is 6.32. The summed E-state index contributed by atoms with van der Waals surface area (Å²) in [6.07, 6.45) is 17.0. The molecule has 0 aromatic heterocycles. The van der Waals surface area contributed by atoms with Gasteiger partial charge in [-0.15, -0.1) is 11.8 Å². The van der Waals surface area contributed by atoms with Crippen molar-refractivity contribution in [1.82, 2.24) is 0 Å². The molecule has 196 valence electrons. The van der Waals surface area contributed by atoms with E-state index in [1.54, 1.807) is 0 Å². The molecule has 7 atom stereocenters. The van der Waals surface area contributed by atoms with Crippen LogP contribution in [-0.4, -0.2) is 49.7 Å². The van der Waals surface area contributed by atoms with Gasteiger partial charge in [0.15, 0.2) is 12.6 Å². The van der Waals surface area contributed by atoms with E-state index in [0.717, 1.165) is 71.0 Å². The zero-order valence-electron chi connectivity index (χ0n) is 22.0. The second-order valence-electron chi connectivity index (χ2n) is 11.5. The summed E-state index contributed by atoms with van der Waals surface area (Å²) < 4.78 is 25.1. The second-order valence-corrected chi connectivity index (χ2v) is 11.5. The van der Waals surface area contributed by atoms with E-state index < -0.39 is 0 Å². The largest absolute Gasteiger partial charge is 0.392 e. The number of allylic oxidation sites excluding steroid dienone is 1. The van der Waals surface area contributed by atoms with E-state index in [2.05, 4.69) is 37.8 Å². The first-order valence-electron chi connectivity index (χ1n) is 13.9. The van der Waals surface area contributed by atoms with Crippen LogP contribution in [0.25, 0.3) is 0 Å². The van der Waals surface area contributed by atoms with Gasteiger partial charge in [-0.1, -0.05) is 37.6 Å². The highest BCUT2D eigenvalue weighted by Gasteiger charge is 2.47. The normalized spacial score (nSPS) is 35.7. The van der Waals surface area contributed by atoms with Crippen LogP contribution in [0, 0.1) is 35.0 Å². The Labute approximate surface area is 212 Å². The third-order valence-electron chi connectivity index (χ3n) is 8.37. The van der Waals surface area contributed by atoms with Gasteiger partial charge < -0.3 is 24.1 Å². The zero-order chi connectivity index (χ0) is 24.7. The number of rotatable bonds is 9. The highest BCUT2D eigenvalue weighted by molar-refractivity contribution is 5.19. The van der Waals surface area contributed by atoms with Crippen LogP contribution in [0.5, 0.6) is 0 Å². The molecular weight excluding hydrogens is 440 g/mol. The Kier molecular flexibility index (Phi) is 9.90. The molecule has 2 aliphatic heterocycles. The molecule has 35 heavy (non-hydrogen) atoms. The van der Waals surface area contributed by atoms with Gasteiger partial charge in [-0.05, 0) is 76.5 Å². The Morgan fingerprint density at radius 3 is 2.49 bits per heavy atom. The Balaban J connectivity index is 1.53. The van der Waals surface area contributed by atoms with Crippen molar-refractivity contribution in [2.75, 3.05) is 19.8 Å². The van der Waals surface area contributed by atoms with Crippen LogP contribution in [-0.2, 0) is 18.9 Å². The van der Waals surface area contributed by atoms with Gasteiger partial charge in [0.25, 0.3) is 0 Å². The lowest BCUT2D eigenvalue weighted by molar-refractivity contribution is -0.197. The number of hydrogen-bond acceptors (Lipinski definition) is 5. The summed E-state index contributed by atoms with van der Waals surface area (Å²) in [5.74, 6) is 7.81. The van der Waals surface area contributed by atoms with Crippen molar-refractivity contribution >= 4 is 0 Å². The molecule has 0 aromatic carbocycles. The van der Waals surface area contributed by atoms with Crippen LogP contribution in [0.4, 0.5) is 0 Å². The van der Waals surface area contributed by atoms with E-state index in [1.807, 2.05) is 13.0 Å². The Morgan fingerprint density at radius 2 is 1.83 bits per heavy atom. The standard InChI is InChI=1S/C30H46O5/c1-4-5-15-30(2,3)27(35-29-11-7-9-18-33-29)13-12-24-25-20-22(14-16-31)19-23(25)21-26(24)34-28-10-6-8-17-32-28/h12-14,23-29,31H,6-11,15-21H2,1-3H3/b13-12+,22-14?/t23-,24+,25-,26+,27+,28?,29?/m0/s1. The summed E-state index contributed by atoms with van der Waals surface area (Å²) in [6, 6.07) is 0. The predicted molar refractivity (Wildman–Crippen MR) is 137 cm³/mol. The summed E-state index contributed by atoms with van der Waals surface area (Å²) in [5.41, 5.74) is 1.27. The molecule has 1 N–H and O–H groups in total. The number of fused-ring (bicyclic) bond motifs is 1. The van der Waals surface area contributed by atoms with Crippen molar-refractivity contribution in [3.63, 3.8) is 0 Å². The molecular formula is C30H46O5. The molecule has 2 saturated carbocycles. The van der Waals surface area contributed by atoms with E-state index in [-0.39, 0.29) is 36.8 Å². The van der Waals surface area contributed by atoms with E-state index in [0.29, 0.717) is 17.8 Å². The lowest BCUT2D eigenvalue weighted by Crippen LogP contribution is -2.36. The molecule has 0 bridgehead atoms. The minimum absolute atomic E-state index is 0.0742. The summed E-state index contributed by atoms with van der Waals surface area (Å²) in [6.45, 7) is 8.10. The first-order valence-corrected chi connectivity index (χ1v) is 13.9. The van der Waals surface area contributed by atoms with Gasteiger partial charge >= 0.3 is 0 Å². The van der Waals surface area contributed by atoms with Crippen molar-refractivity contribution in [3.8, 4) is 11.8 Å². The molecule has 0 spiro atoms. The van der Waals surface area contributed by atoms with Crippen molar-refractivity contribution in [2.24, 2.45) is 23.2 Å². The Morgan fingerprint density at radius 1 is 1.09 bits per heavy atom. The van der Waals surface area contributed by atoms with Crippen molar-refractivity contribution in [2.45, 2.75) is 110 Å². The van der Waals surface area contributed by atoms with Gasteiger partial charge in [0.05, 0.1) is 18.8 Å². The maximum absolute atomic E-state index is 9.45. The van der Waals surface area contributed by atoms with E-state index >= 15 is 0 Å². The first kappa shape index (κ1) is 26.9. The molecule has 5 nitrogen and oxygen atoms in total. The van der Waals surface area contributed by atoms with Crippen molar-refractivity contribution < 1.29 is 24.1 Å². The molecule has 0 radical (unpaired) electrons. The average Bonchev–Trinajstić information content (AvgIpc) is 3.39. The monoisotopic (exact) mass is 486 g/mol. The summed E-state index contributed by atoms with van der Waals surface area (Å²) in [5, 5.41) is 9.45. The fourth-order valence-corrected chi connectivity index (χ4v) is 6.32. The maximum Gasteiger partial charge on any atom is 0.158 e. The Bertz CT molecular complexity index is 778. The summed E-state index contributed by atoms with van der Waals surface area (Å²) in [7, 11) is 0. The van der Waals surface area contributed by atoms with Gasteiger partial charge in [0.2, 0.25) is 0 Å². The van der Waals surface area contributed by atoms with Gasteiger partial charge in [-0.3, -0.25) is 0 Å². The molecule has 5 heteroatoms. The zero-order valence-corrected chi connectivity index (χ0v) is 22.0. The van der Waals surface area contributed by atoms with Crippen LogP contribution in [0.3, 0.4) is 0 Å². The van der Waals surface area contributed by atoms with Gasteiger partial charge in [0.1, 0.15) is 0 Å².